The summed E-state index contributed by atoms with van der Waals surface area (Å²) in [6.45, 7) is 1.75. The summed E-state index contributed by atoms with van der Waals surface area (Å²) in [4.78, 5) is 11.3. The molecule has 0 aliphatic carbocycles. The van der Waals surface area contributed by atoms with Gasteiger partial charge in [0, 0.05) is 0 Å². The van der Waals surface area contributed by atoms with Crippen molar-refractivity contribution in [2.45, 2.75) is 25.9 Å². The Bertz CT molecular complexity index is 489. The van der Waals surface area contributed by atoms with Gasteiger partial charge in [-0.25, -0.2) is 4.79 Å². The molecule has 0 aliphatic heterocycles. The van der Waals surface area contributed by atoms with Gasteiger partial charge in [-0.2, -0.15) is 0 Å². The maximum atomic E-state index is 11.3. The molecule has 3 heteroatoms. The Morgan fingerprint density at radius 1 is 1.53 bits per heavy atom. The molecule has 1 aromatic rings. The molecule has 0 fully saturated rings. The maximum absolute atomic E-state index is 11.3. The van der Waals surface area contributed by atoms with Crippen LogP contribution in [0, 0.1) is 0 Å². The number of hydrogen-bond acceptors (Lipinski definition) is 3. The molecule has 0 saturated heterocycles. The van der Waals surface area contributed by atoms with Crippen molar-refractivity contribution in [1.29, 1.82) is 0 Å². The molecule has 1 N–H and O–H groups in total. The lowest BCUT2D eigenvalue weighted by Gasteiger charge is -2.09. The highest BCUT2D eigenvalue weighted by Crippen LogP contribution is 2.05. The quantitative estimate of drug-likeness (QED) is 0.755. The van der Waals surface area contributed by atoms with E-state index in [1.165, 1.54) is 0 Å². The molecule has 1 aromatic carbocycles. The van der Waals surface area contributed by atoms with E-state index in [9.17, 15) is 9.90 Å². The molecule has 15 heavy (non-hydrogen) atoms. The van der Waals surface area contributed by atoms with Crippen LogP contribution in [0.3, 0.4) is 0 Å². The Hall–Kier alpha value is -1.35. The van der Waals surface area contributed by atoms with Crippen LogP contribution in [-0.4, -0.2) is 23.8 Å². The lowest BCUT2D eigenvalue weighted by Crippen LogP contribution is -2.23. The van der Waals surface area contributed by atoms with Crippen LogP contribution >= 0.6 is 0 Å². The molecule has 82 valence electrons. The molecule has 1 atom stereocenters. The lowest BCUT2D eigenvalue weighted by molar-refractivity contribution is -0.153. The van der Waals surface area contributed by atoms with E-state index in [1.54, 1.807) is 6.92 Å². The predicted octanol–water partition coefficient (Wildman–Crippen LogP) is 1.54. The van der Waals surface area contributed by atoms with E-state index in [-0.39, 0.29) is 37.1 Å². The zero-order valence-corrected chi connectivity index (χ0v) is 8.46. The van der Waals surface area contributed by atoms with Crippen LogP contribution in [0.1, 0.15) is 25.8 Å². The van der Waals surface area contributed by atoms with E-state index >= 15 is 0 Å². The monoisotopic (exact) mass is 213 g/mol. The molecule has 0 radical (unpaired) electrons. The van der Waals surface area contributed by atoms with E-state index in [0.717, 1.165) is 0 Å². The van der Waals surface area contributed by atoms with Gasteiger partial charge >= 0.3 is 5.97 Å². The van der Waals surface area contributed by atoms with E-state index in [4.69, 9.17) is 6.85 Å². The van der Waals surface area contributed by atoms with Gasteiger partial charge in [0.1, 0.15) is 0 Å². The van der Waals surface area contributed by atoms with Gasteiger partial charge in [0.15, 0.2) is 6.10 Å². The van der Waals surface area contributed by atoms with E-state index < -0.39 is 30.2 Å². The van der Waals surface area contributed by atoms with Gasteiger partial charge in [0.25, 0.3) is 0 Å². The van der Waals surface area contributed by atoms with Crippen molar-refractivity contribution >= 4 is 5.97 Å². The SMILES string of the molecule is [2H]c1c([2H])c([2H])c(CCC(O)C(=O)OCC)c([2H])c1[2H]. The topological polar surface area (TPSA) is 46.5 Å². The first kappa shape index (κ1) is 6.28. The molecule has 0 heterocycles. The number of rotatable bonds is 5. The lowest BCUT2D eigenvalue weighted by atomic mass is 10.1. The van der Waals surface area contributed by atoms with Crippen LogP contribution < -0.4 is 0 Å². The number of carbonyl (C=O) groups is 1. The van der Waals surface area contributed by atoms with Crippen LogP contribution in [-0.2, 0) is 16.0 Å². The first-order valence-electron chi connectivity index (χ1n) is 7.21. The van der Waals surface area contributed by atoms with Crippen LogP contribution in [0.15, 0.2) is 30.2 Å². The highest BCUT2D eigenvalue weighted by molar-refractivity contribution is 5.74. The number of benzene rings is 1. The minimum absolute atomic E-state index is 0.00428. The van der Waals surface area contributed by atoms with Crippen molar-refractivity contribution in [3.63, 3.8) is 0 Å². The highest BCUT2D eigenvalue weighted by Gasteiger charge is 2.15. The van der Waals surface area contributed by atoms with Crippen LogP contribution in [0.25, 0.3) is 0 Å². The molecule has 0 aromatic heterocycles. The third-order valence-corrected chi connectivity index (χ3v) is 1.78. The van der Waals surface area contributed by atoms with E-state index in [1.807, 2.05) is 0 Å². The van der Waals surface area contributed by atoms with E-state index in [2.05, 4.69) is 4.74 Å². The zero-order chi connectivity index (χ0) is 15.4. The summed E-state index contributed by atoms with van der Waals surface area (Å²) in [5.41, 5.74) is 0.0827. The van der Waals surface area contributed by atoms with Crippen LogP contribution in [0.5, 0.6) is 0 Å². The number of aliphatic hydroxyl groups excluding tert-OH is 1. The second-order valence-corrected chi connectivity index (χ2v) is 2.91. The summed E-state index contributed by atoms with van der Waals surface area (Å²) in [6, 6.07) is -1.94. The van der Waals surface area contributed by atoms with Crippen molar-refractivity contribution in [3.05, 3.63) is 35.8 Å². The predicted molar refractivity (Wildman–Crippen MR) is 57.4 cm³/mol. The van der Waals surface area contributed by atoms with Crippen molar-refractivity contribution in [2.75, 3.05) is 6.61 Å². The third-order valence-electron chi connectivity index (χ3n) is 1.78. The van der Waals surface area contributed by atoms with Gasteiger partial charge in [-0.15, -0.1) is 0 Å². The zero-order valence-electron chi connectivity index (χ0n) is 13.5. The van der Waals surface area contributed by atoms with E-state index in [0.29, 0.717) is 0 Å². The fourth-order valence-corrected chi connectivity index (χ4v) is 1.04. The van der Waals surface area contributed by atoms with Crippen LogP contribution in [0.2, 0.25) is 0 Å². The molecular formula is C12H16O3. The van der Waals surface area contributed by atoms with Gasteiger partial charge in [-0.1, -0.05) is 30.2 Å². The normalized spacial score (nSPS) is 16.8. The summed E-state index contributed by atoms with van der Waals surface area (Å²) in [6.07, 6.45) is -1.43. The number of esters is 1. The van der Waals surface area contributed by atoms with Crippen molar-refractivity contribution in [2.24, 2.45) is 0 Å². The minimum atomic E-state index is -1.37. The summed E-state index contributed by atoms with van der Waals surface area (Å²) in [7, 11) is 0. The van der Waals surface area contributed by atoms with Crippen molar-refractivity contribution < 1.29 is 21.5 Å². The van der Waals surface area contributed by atoms with Gasteiger partial charge in [0.2, 0.25) is 0 Å². The Kier molecular flexibility index (Phi) is 2.59. The van der Waals surface area contributed by atoms with Crippen LogP contribution in [0.4, 0.5) is 0 Å². The van der Waals surface area contributed by atoms with Crippen molar-refractivity contribution in [1.82, 2.24) is 0 Å². The summed E-state index contributed by atoms with van der Waals surface area (Å²) in [5, 5.41) is 9.56. The second kappa shape index (κ2) is 6.19. The fraction of sp³-hybridized carbons (Fsp3) is 0.417. The average molecular weight is 213 g/mol. The standard InChI is InChI=1S/C12H16O3/c1-2-15-12(14)11(13)9-8-10-6-4-3-5-7-10/h3-7,11,13H,2,8-9H2,1H3/i3D,4D,5D,6D,7D. The minimum Gasteiger partial charge on any atom is -0.464 e. The average Bonchev–Trinajstić information content (AvgIpc) is 2.43. The summed E-state index contributed by atoms with van der Waals surface area (Å²) < 4.78 is 42.5. The Morgan fingerprint density at radius 2 is 2.20 bits per heavy atom. The second-order valence-electron chi connectivity index (χ2n) is 2.91. The summed E-state index contributed by atoms with van der Waals surface area (Å²) in [5.74, 6) is -0.778. The third kappa shape index (κ3) is 4.13. The van der Waals surface area contributed by atoms with Gasteiger partial charge in [-0.05, 0) is 25.3 Å². The first-order valence-corrected chi connectivity index (χ1v) is 4.71. The first-order chi connectivity index (χ1) is 9.31. The molecule has 0 bridgehead atoms. The molecule has 0 aliphatic rings. The number of aliphatic hydroxyl groups is 1. The summed E-state index contributed by atoms with van der Waals surface area (Å²) >= 11 is 0. The van der Waals surface area contributed by atoms with Gasteiger partial charge < -0.3 is 9.84 Å². The molecular weight excluding hydrogens is 192 g/mol. The van der Waals surface area contributed by atoms with Gasteiger partial charge in [-0.3, -0.25) is 0 Å². The Balaban J connectivity index is 2.92. The van der Waals surface area contributed by atoms with Crippen molar-refractivity contribution in [3.8, 4) is 0 Å². The molecule has 0 spiro atoms. The number of ether oxygens (including phenoxy) is 1. The van der Waals surface area contributed by atoms with Gasteiger partial charge in [0.05, 0.1) is 13.5 Å². The Labute approximate surface area is 96.7 Å². The smallest absolute Gasteiger partial charge is 0.334 e. The molecule has 1 unspecified atom stereocenters. The largest absolute Gasteiger partial charge is 0.464 e. The maximum Gasteiger partial charge on any atom is 0.334 e. The molecule has 1 rings (SSSR count). The highest BCUT2D eigenvalue weighted by atomic mass is 16.5. The molecule has 3 nitrogen and oxygen atoms in total. The molecule has 0 saturated carbocycles. The number of carbonyl (C=O) groups excluding carboxylic acids is 1. The number of hydrogen-bond donors (Lipinski definition) is 1. The Morgan fingerprint density at radius 3 is 2.80 bits per heavy atom. The molecule has 0 amide bonds. The fourth-order valence-electron chi connectivity index (χ4n) is 1.04.